The zero-order chi connectivity index (χ0) is 27.4. The highest BCUT2D eigenvalue weighted by Gasteiger charge is 1.59. The molecule has 0 aliphatic heterocycles. The van der Waals surface area contributed by atoms with Gasteiger partial charge in [-0.1, -0.05) is 213 Å². The fourth-order valence-corrected chi connectivity index (χ4v) is 1.15. The van der Waals surface area contributed by atoms with Crippen molar-refractivity contribution in [3.63, 3.8) is 0 Å². The van der Waals surface area contributed by atoms with Crippen molar-refractivity contribution in [1.82, 2.24) is 0 Å². The third kappa shape index (κ3) is 92.5. The van der Waals surface area contributed by atoms with Crippen molar-refractivity contribution in [3.05, 3.63) is 109 Å². The van der Waals surface area contributed by atoms with Crippen LogP contribution in [0.15, 0.2) is 109 Å². The molecule has 0 unspecified atom stereocenters. The molecule has 0 aliphatic rings. The van der Waals surface area contributed by atoms with Crippen LogP contribution < -0.4 is 0 Å². The smallest absolute Gasteiger partial charge is 0.0590 e. The minimum atomic E-state index is 1.25. The molecule has 0 N–H and O–H groups in total. The monoisotopic (exact) mass is 458 g/mol. The quantitative estimate of drug-likeness (QED) is 0.314. The van der Waals surface area contributed by atoms with Crippen LogP contribution in [0.2, 0.25) is 0 Å². The van der Waals surface area contributed by atoms with Crippen molar-refractivity contribution in [2.45, 2.75) is 103 Å². The molecule has 0 fully saturated rings. The summed E-state index contributed by atoms with van der Waals surface area (Å²) in [6, 6.07) is 36.0. The lowest BCUT2D eigenvalue weighted by molar-refractivity contribution is 1.09. The Kier molecular flexibility index (Phi) is 128. The van der Waals surface area contributed by atoms with Gasteiger partial charge in [-0.2, -0.15) is 0 Å². The van der Waals surface area contributed by atoms with E-state index in [2.05, 4.69) is 13.8 Å². The Morgan fingerprint density at radius 3 is 0.273 bits per heavy atom. The Morgan fingerprint density at radius 2 is 0.242 bits per heavy atom. The number of hydrogen-bond acceptors (Lipinski definition) is 0. The van der Waals surface area contributed by atoms with Gasteiger partial charge in [0.05, 0.1) is 0 Å². The molecule has 0 saturated carbocycles. The standard InChI is InChI=1S/3C6H6.C3H8.6C2H6/c3*1-2-4-6-5-3-1;1-3-2;6*1-2/h3*1-6H;3H2,1-2H3;6*1-2H3. The van der Waals surface area contributed by atoms with Crippen molar-refractivity contribution in [1.29, 1.82) is 0 Å². The maximum absolute atomic E-state index is 2.12. The molecule has 0 amide bonds. The number of hydrogen-bond donors (Lipinski definition) is 0. The summed E-state index contributed by atoms with van der Waals surface area (Å²) in [6.45, 7) is 28.2. The average Bonchev–Trinajstić information content (AvgIpc) is 2.99. The minimum Gasteiger partial charge on any atom is -0.0683 e. The molecule has 0 spiro atoms. The molecule has 0 heteroatoms. The van der Waals surface area contributed by atoms with Gasteiger partial charge in [-0.3, -0.25) is 0 Å². The fraction of sp³-hybridized carbons (Fsp3) is 0.455. The van der Waals surface area contributed by atoms with Gasteiger partial charge in [0.25, 0.3) is 0 Å². The van der Waals surface area contributed by atoms with E-state index in [4.69, 9.17) is 0 Å². The van der Waals surface area contributed by atoms with E-state index < -0.39 is 0 Å². The number of benzene rings is 3. The Hall–Kier alpha value is -2.34. The largest absolute Gasteiger partial charge is 0.0683 e. The zero-order valence-electron chi connectivity index (χ0n) is 25.1. The predicted molar refractivity (Wildman–Crippen MR) is 163 cm³/mol. The number of rotatable bonds is 0. The Morgan fingerprint density at radius 1 is 0.212 bits per heavy atom. The SMILES string of the molecule is CC.CC.CC.CC.CC.CC.CCC.c1ccccc1.c1ccccc1.c1ccccc1. The molecule has 0 heterocycles. The predicted octanol–water partition coefficient (Wildman–Crippen LogP) is 12.6. The van der Waals surface area contributed by atoms with Crippen molar-refractivity contribution < 1.29 is 0 Å². The Balaban J connectivity index is -0.0000000482. The van der Waals surface area contributed by atoms with Crippen LogP contribution in [0.5, 0.6) is 0 Å². The van der Waals surface area contributed by atoms with Gasteiger partial charge in [0.1, 0.15) is 0 Å². The molecule has 3 rings (SSSR count). The van der Waals surface area contributed by atoms with Gasteiger partial charge in [-0.05, 0) is 0 Å². The van der Waals surface area contributed by atoms with Gasteiger partial charge in [0.2, 0.25) is 0 Å². The highest BCUT2D eigenvalue weighted by atomic mass is 13.7. The van der Waals surface area contributed by atoms with Gasteiger partial charge in [-0.25, -0.2) is 0 Å². The molecule has 0 atom stereocenters. The summed E-state index contributed by atoms with van der Waals surface area (Å²) in [5.41, 5.74) is 0. The van der Waals surface area contributed by atoms with Crippen LogP contribution in [0.25, 0.3) is 0 Å². The lowest BCUT2D eigenvalue weighted by Gasteiger charge is -1.69. The highest BCUT2D eigenvalue weighted by Crippen LogP contribution is 1.81. The molecule has 3 aromatic carbocycles. The van der Waals surface area contributed by atoms with Gasteiger partial charge < -0.3 is 0 Å². The van der Waals surface area contributed by atoms with Gasteiger partial charge in [0.15, 0.2) is 0 Å². The van der Waals surface area contributed by atoms with Crippen LogP contribution in [0.3, 0.4) is 0 Å². The molecule has 0 aliphatic carbocycles. The first kappa shape index (κ1) is 48.2. The second-order valence-corrected chi connectivity index (χ2v) is 4.17. The van der Waals surface area contributed by atoms with Crippen LogP contribution in [-0.4, -0.2) is 0 Å². The molecule has 0 saturated heterocycles. The van der Waals surface area contributed by atoms with E-state index >= 15 is 0 Å². The molecular formula is C33H62. The zero-order valence-corrected chi connectivity index (χ0v) is 25.1. The van der Waals surface area contributed by atoms with Crippen LogP contribution in [0.1, 0.15) is 103 Å². The van der Waals surface area contributed by atoms with Crippen LogP contribution in [0.4, 0.5) is 0 Å². The van der Waals surface area contributed by atoms with E-state index in [1.807, 2.05) is 192 Å². The lowest BCUT2D eigenvalue weighted by atomic mass is 10.4. The molecule has 0 bridgehead atoms. The van der Waals surface area contributed by atoms with Gasteiger partial charge in [-0.15, -0.1) is 0 Å². The average molecular weight is 459 g/mol. The molecule has 0 nitrogen and oxygen atoms in total. The van der Waals surface area contributed by atoms with Crippen molar-refractivity contribution in [2.75, 3.05) is 0 Å². The Labute approximate surface area is 212 Å². The van der Waals surface area contributed by atoms with Gasteiger partial charge >= 0.3 is 0 Å². The summed E-state index contributed by atoms with van der Waals surface area (Å²) in [7, 11) is 0. The molecule has 33 heavy (non-hydrogen) atoms. The van der Waals surface area contributed by atoms with E-state index in [0.717, 1.165) is 0 Å². The normalized spacial score (nSPS) is 6.00. The summed E-state index contributed by atoms with van der Waals surface area (Å²) in [5, 5.41) is 0. The molecule has 3 aromatic rings. The van der Waals surface area contributed by atoms with Crippen LogP contribution in [-0.2, 0) is 0 Å². The first-order valence-corrected chi connectivity index (χ1v) is 13.4. The van der Waals surface area contributed by atoms with E-state index in [0.29, 0.717) is 0 Å². The first-order valence-electron chi connectivity index (χ1n) is 13.4. The van der Waals surface area contributed by atoms with Crippen LogP contribution >= 0.6 is 0 Å². The lowest BCUT2D eigenvalue weighted by Crippen LogP contribution is -1.47. The highest BCUT2D eigenvalue weighted by molar-refractivity contribution is 5.00. The third-order valence-corrected chi connectivity index (χ3v) is 2.00. The molecule has 0 aromatic heterocycles. The maximum Gasteiger partial charge on any atom is -0.0590 e. The van der Waals surface area contributed by atoms with E-state index in [-0.39, 0.29) is 0 Å². The minimum absolute atomic E-state index is 1.25. The fourth-order valence-electron chi connectivity index (χ4n) is 1.15. The Bertz CT molecular complexity index is 305. The second-order valence-electron chi connectivity index (χ2n) is 4.17. The summed E-state index contributed by atoms with van der Waals surface area (Å²) in [4.78, 5) is 0. The second kappa shape index (κ2) is 87.8. The van der Waals surface area contributed by atoms with E-state index in [1.165, 1.54) is 6.42 Å². The van der Waals surface area contributed by atoms with Crippen molar-refractivity contribution >= 4 is 0 Å². The first-order chi connectivity index (χ1) is 16.4. The topological polar surface area (TPSA) is 0 Å². The van der Waals surface area contributed by atoms with E-state index in [1.54, 1.807) is 0 Å². The van der Waals surface area contributed by atoms with Crippen LogP contribution in [0, 0.1) is 0 Å². The molecular weight excluding hydrogens is 396 g/mol. The summed E-state index contributed by atoms with van der Waals surface area (Å²) >= 11 is 0. The van der Waals surface area contributed by atoms with Gasteiger partial charge in [0, 0.05) is 0 Å². The summed E-state index contributed by atoms with van der Waals surface area (Å²) in [5.74, 6) is 0. The molecule has 0 radical (unpaired) electrons. The summed E-state index contributed by atoms with van der Waals surface area (Å²) in [6.07, 6.45) is 1.25. The maximum atomic E-state index is 2.12. The molecule has 194 valence electrons. The summed E-state index contributed by atoms with van der Waals surface area (Å²) < 4.78 is 0. The third-order valence-electron chi connectivity index (χ3n) is 2.00. The van der Waals surface area contributed by atoms with Crippen molar-refractivity contribution in [3.8, 4) is 0 Å². The van der Waals surface area contributed by atoms with Crippen molar-refractivity contribution in [2.24, 2.45) is 0 Å². The van der Waals surface area contributed by atoms with E-state index in [9.17, 15) is 0 Å².